The van der Waals surface area contributed by atoms with E-state index in [-0.39, 0.29) is 11.7 Å². The summed E-state index contributed by atoms with van der Waals surface area (Å²) in [6, 6.07) is 5.06. The first-order chi connectivity index (χ1) is 10.1. The third-order valence-corrected chi connectivity index (χ3v) is 3.98. The molecule has 0 radical (unpaired) electrons. The second kappa shape index (κ2) is 5.40. The maximum atomic E-state index is 12.7. The van der Waals surface area contributed by atoms with Gasteiger partial charge in [-0.3, -0.25) is 9.78 Å². The summed E-state index contributed by atoms with van der Waals surface area (Å²) in [5, 5.41) is 9.78. The minimum atomic E-state index is -0.130. The van der Waals surface area contributed by atoms with Crippen LogP contribution in [0.2, 0.25) is 0 Å². The number of halogens is 1. The molecule has 1 aromatic heterocycles. The van der Waals surface area contributed by atoms with Gasteiger partial charge in [0.25, 0.3) is 5.91 Å². The van der Waals surface area contributed by atoms with E-state index >= 15 is 0 Å². The van der Waals surface area contributed by atoms with E-state index < -0.39 is 0 Å². The van der Waals surface area contributed by atoms with Gasteiger partial charge in [-0.05, 0) is 33.5 Å². The number of rotatable bonds is 1. The summed E-state index contributed by atoms with van der Waals surface area (Å²) in [4.78, 5) is 18.4. The van der Waals surface area contributed by atoms with Crippen molar-refractivity contribution in [2.75, 3.05) is 18.1 Å². The van der Waals surface area contributed by atoms with Gasteiger partial charge in [-0.25, -0.2) is 0 Å². The van der Waals surface area contributed by atoms with Crippen LogP contribution >= 0.6 is 15.9 Å². The molecule has 0 spiro atoms. The first-order valence-corrected chi connectivity index (χ1v) is 7.25. The fourth-order valence-electron chi connectivity index (χ4n) is 2.30. The number of aromatic nitrogens is 1. The molecule has 106 valence electrons. The minimum absolute atomic E-state index is 0.130. The van der Waals surface area contributed by atoms with Gasteiger partial charge in [-0.1, -0.05) is 6.07 Å². The second-order valence-electron chi connectivity index (χ2n) is 4.77. The minimum Gasteiger partial charge on any atom is -0.507 e. The second-order valence-corrected chi connectivity index (χ2v) is 5.63. The number of fused-ring (bicyclic) bond motifs is 1. The van der Waals surface area contributed by atoms with Gasteiger partial charge in [0.1, 0.15) is 20.2 Å². The Kier molecular flexibility index (Phi) is 3.59. The standard InChI is InChI=1S/C14H12BBrN2O3/c15-9-5-8(6-10(16)13(9)19)14(20)18-3-4-21-12-7-17-2-1-11(12)18/h1-2,5-7,19H,3-4,15H2. The zero-order chi connectivity index (χ0) is 15.0. The molecule has 0 saturated carbocycles. The van der Waals surface area contributed by atoms with E-state index in [2.05, 4.69) is 20.9 Å². The number of phenolic OH excluding ortho intramolecular Hbond substituents is 1. The molecular weight excluding hydrogens is 335 g/mol. The highest BCUT2D eigenvalue weighted by molar-refractivity contribution is 9.10. The van der Waals surface area contributed by atoms with Crippen LogP contribution in [0.1, 0.15) is 10.4 Å². The van der Waals surface area contributed by atoms with E-state index in [9.17, 15) is 9.90 Å². The first-order valence-electron chi connectivity index (χ1n) is 6.45. The molecule has 0 bridgehead atoms. The SMILES string of the molecule is Bc1cc(C(=O)N2CCOc3cnccc32)cc(Br)c1O. The molecule has 2 heterocycles. The quantitative estimate of drug-likeness (QED) is 0.777. The summed E-state index contributed by atoms with van der Waals surface area (Å²) in [6.45, 7) is 0.913. The van der Waals surface area contributed by atoms with Gasteiger partial charge in [-0.2, -0.15) is 0 Å². The number of amides is 1. The van der Waals surface area contributed by atoms with Crippen LogP contribution in [0.5, 0.6) is 11.5 Å². The van der Waals surface area contributed by atoms with Crippen LogP contribution in [-0.4, -0.2) is 37.0 Å². The molecule has 1 aliphatic heterocycles. The molecule has 7 heteroatoms. The maximum absolute atomic E-state index is 12.7. The molecule has 0 unspecified atom stereocenters. The molecule has 0 fully saturated rings. The molecule has 1 aliphatic rings. The van der Waals surface area contributed by atoms with E-state index in [1.807, 2.05) is 0 Å². The number of aromatic hydroxyl groups is 1. The number of carbonyl (C=O) groups excluding carboxylic acids is 1. The van der Waals surface area contributed by atoms with Gasteiger partial charge in [0.05, 0.1) is 22.9 Å². The third kappa shape index (κ3) is 2.49. The molecule has 2 aromatic rings. The van der Waals surface area contributed by atoms with E-state index in [4.69, 9.17) is 4.74 Å². The normalized spacial score (nSPS) is 13.5. The lowest BCUT2D eigenvalue weighted by molar-refractivity contribution is 0.0976. The van der Waals surface area contributed by atoms with Crippen LogP contribution in [0.4, 0.5) is 5.69 Å². The predicted molar refractivity (Wildman–Crippen MR) is 85.4 cm³/mol. The van der Waals surface area contributed by atoms with Crippen molar-refractivity contribution >= 4 is 40.8 Å². The molecule has 3 rings (SSSR count). The van der Waals surface area contributed by atoms with Crippen LogP contribution in [-0.2, 0) is 0 Å². The molecule has 5 nitrogen and oxygen atoms in total. The molecule has 0 aliphatic carbocycles. The Bertz CT molecular complexity index is 700. The van der Waals surface area contributed by atoms with Crippen molar-refractivity contribution < 1.29 is 14.6 Å². The third-order valence-electron chi connectivity index (χ3n) is 3.37. The fourth-order valence-corrected chi connectivity index (χ4v) is 2.86. The average Bonchev–Trinajstić information content (AvgIpc) is 2.51. The summed E-state index contributed by atoms with van der Waals surface area (Å²) in [5.74, 6) is 0.624. The predicted octanol–water partition coefficient (Wildman–Crippen LogP) is 0.847. The van der Waals surface area contributed by atoms with Crippen molar-refractivity contribution in [1.82, 2.24) is 4.98 Å². The van der Waals surface area contributed by atoms with Crippen LogP contribution in [0.3, 0.4) is 0 Å². The Labute approximate surface area is 131 Å². The Morgan fingerprint density at radius 1 is 1.48 bits per heavy atom. The van der Waals surface area contributed by atoms with E-state index in [1.54, 1.807) is 43.3 Å². The van der Waals surface area contributed by atoms with Crippen LogP contribution in [0.25, 0.3) is 0 Å². The number of phenols is 1. The highest BCUT2D eigenvalue weighted by Gasteiger charge is 2.25. The summed E-state index contributed by atoms with van der Waals surface area (Å²) >= 11 is 3.27. The Balaban J connectivity index is 2.00. The van der Waals surface area contributed by atoms with Crippen molar-refractivity contribution in [1.29, 1.82) is 0 Å². The Hall–Kier alpha value is -2.02. The van der Waals surface area contributed by atoms with Crippen molar-refractivity contribution in [3.63, 3.8) is 0 Å². The summed E-state index contributed by atoms with van der Waals surface area (Å²) in [6.07, 6.45) is 3.23. The Morgan fingerprint density at radius 2 is 2.29 bits per heavy atom. The number of nitrogens with zero attached hydrogens (tertiary/aromatic N) is 2. The zero-order valence-electron chi connectivity index (χ0n) is 11.3. The van der Waals surface area contributed by atoms with Crippen LogP contribution < -0.4 is 15.1 Å². The van der Waals surface area contributed by atoms with Crippen molar-refractivity contribution in [2.45, 2.75) is 0 Å². The zero-order valence-corrected chi connectivity index (χ0v) is 12.9. The van der Waals surface area contributed by atoms with E-state index in [1.165, 1.54) is 0 Å². The van der Waals surface area contributed by atoms with Crippen LogP contribution in [0, 0.1) is 0 Å². The van der Waals surface area contributed by atoms with E-state index in [0.29, 0.717) is 40.1 Å². The molecular formula is C14H12BBrN2O3. The number of anilines is 1. The summed E-state index contributed by atoms with van der Waals surface area (Å²) in [7, 11) is 1.76. The lowest BCUT2D eigenvalue weighted by Gasteiger charge is -2.29. The van der Waals surface area contributed by atoms with Crippen LogP contribution in [0.15, 0.2) is 35.1 Å². The topological polar surface area (TPSA) is 62.7 Å². The number of ether oxygens (including phenoxy) is 1. The number of hydrogen-bond acceptors (Lipinski definition) is 4. The number of benzene rings is 1. The number of hydrogen-bond donors (Lipinski definition) is 1. The van der Waals surface area contributed by atoms with Crippen molar-refractivity contribution in [2.24, 2.45) is 0 Å². The van der Waals surface area contributed by atoms with Gasteiger partial charge in [0, 0.05) is 11.8 Å². The lowest BCUT2D eigenvalue weighted by atomic mass is 9.93. The average molecular weight is 347 g/mol. The van der Waals surface area contributed by atoms with Gasteiger partial charge in [-0.15, -0.1) is 0 Å². The number of carbonyl (C=O) groups is 1. The molecule has 1 N–H and O–H groups in total. The van der Waals surface area contributed by atoms with Gasteiger partial charge in [0.15, 0.2) is 5.75 Å². The molecule has 21 heavy (non-hydrogen) atoms. The largest absolute Gasteiger partial charge is 0.507 e. The summed E-state index contributed by atoms with van der Waals surface area (Å²) in [5.41, 5.74) is 1.88. The molecule has 0 saturated heterocycles. The van der Waals surface area contributed by atoms with E-state index in [0.717, 1.165) is 0 Å². The highest BCUT2D eigenvalue weighted by Crippen LogP contribution is 2.31. The van der Waals surface area contributed by atoms with Crippen molar-refractivity contribution in [3.8, 4) is 11.5 Å². The van der Waals surface area contributed by atoms with Gasteiger partial charge in [0.2, 0.25) is 0 Å². The first kappa shape index (κ1) is 13.9. The lowest BCUT2D eigenvalue weighted by Crippen LogP contribution is -2.38. The van der Waals surface area contributed by atoms with Crippen molar-refractivity contribution in [3.05, 3.63) is 40.6 Å². The Morgan fingerprint density at radius 3 is 3.05 bits per heavy atom. The van der Waals surface area contributed by atoms with Gasteiger partial charge >= 0.3 is 0 Å². The smallest absolute Gasteiger partial charge is 0.258 e. The molecule has 0 atom stereocenters. The monoisotopic (exact) mass is 346 g/mol. The maximum Gasteiger partial charge on any atom is 0.258 e. The fraction of sp³-hybridized carbons (Fsp3) is 0.143. The molecule has 1 aromatic carbocycles. The number of pyridine rings is 1. The van der Waals surface area contributed by atoms with Gasteiger partial charge < -0.3 is 14.7 Å². The highest BCUT2D eigenvalue weighted by atomic mass is 79.9. The summed E-state index contributed by atoms with van der Waals surface area (Å²) < 4.78 is 6.01. The molecule has 1 amide bonds.